The lowest BCUT2D eigenvalue weighted by Gasteiger charge is -2.24. The van der Waals surface area contributed by atoms with Crippen molar-refractivity contribution in [1.82, 2.24) is 15.5 Å². The third-order valence-electron chi connectivity index (χ3n) is 3.61. The molecule has 0 heterocycles. The van der Waals surface area contributed by atoms with Gasteiger partial charge in [0.2, 0.25) is 0 Å². The minimum absolute atomic E-state index is 0.660. The summed E-state index contributed by atoms with van der Waals surface area (Å²) in [7, 11) is 2.23. The molecule has 2 aliphatic carbocycles. The molecule has 0 saturated heterocycles. The fourth-order valence-electron chi connectivity index (χ4n) is 2.34. The Morgan fingerprint density at radius 3 is 2.56 bits per heavy atom. The van der Waals surface area contributed by atoms with Crippen LogP contribution in [-0.2, 0) is 0 Å². The van der Waals surface area contributed by atoms with Crippen LogP contribution >= 0.6 is 12.2 Å². The molecule has 0 unspecified atom stereocenters. The Morgan fingerprint density at radius 2 is 1.94 bits per heavy atom. The van der Waals surface area contributed by atoms with Crippen molar-refractivity contribution in [2.45, 2.75) is 50.6 Å². The van der Waals surface area contributed by atoms with Crippen LogP contribution in [-0.4, -0.2) is 42.2 Å². The van der Waals surface area contributed by atoms with Crippen LogP contribution in [0.15, 0.2) is 0 Å². The monoisotopic (exact) mass is 241 g/mol. The third kappa shape index (κ3) is 3.91. The Morgan fingerprint density at radius 1 is 1.25 bits per heavy atom. The van der Waals surface area contributed by atoms with E-state index in [-0.39, 0.29) is 0 Å². The lowest BCUT2D eigenvalue weighted by molar-refractivity contribution is 0.249. The Balaban J connectivity index is 1.53. The molecule has 2 fully saturated rings. The molecule has 4 heteroatoms. The zero-order valence-electron chi connectivity index (χ0n) is 10.2. The predicted molar refractivity (Wildman–Crippen MR) is 71.6 cm³/mol. The van der Waals surface area contributed by atoms with Crippen molar-refractivity contribution in [3.05, 3.63) is 0 Å². The quantitative estimate of drug-likeness (QED) is 0.713. The summed E-state index contributed by atoms with van der Waals surface area (Å²) in [6.07, 6.45) is 8.13. The van der Waals surface area contributed by atoms with Crippen molar-refractivity contribution >= 4 is 17.3 Å². The topological polar surface area (TPSA) is 27.3 Å². The van der Waals surface area contributed by atoms with Gasteiger partial charge in [0.25, 0.3) is 0 Å². The number of hydrogen-bond acceptors (Lipinski definition) is 2. The van der Waals surface area contributed by atoms with E-state index in [1.54, 1.807) is 0 Å². The van der Waals surface area contributed by atoms with Crippen LogP contribution in [0, 0.1) is 0 Å². The maximum absolute atomic E-state index is 5.22. The molecule has 0 radical (unpaired) electrons. The van der Waals surface area contributed by atoms with E-state index in [4.69, 9.17) is 12.2 Å². The van der Waals surface area contributed by atoms with Crippen LogP contribution in [0.2, 0.25) is 0 Å². The highest BCUT2D eigenvalue weighted by Gasteiger charge is 2.22. The van der Waals surface area contributed by atoms with Gasteiger partial charge in [-0.1, -0.05) is 12.8 Å². The van der Waals surface area contributed by atoms with Crippen molar-refractivity contribution < 1.29 is 0 Å². The van der Waals surface area contributed by atoms with Gasteiger partial charge in [-0.25, -0.2) is 0 Å². The summed E-state index contributed by atoms with van der Waals surface area (Å²) in [5, 5.41) is 7.42. The molecule has 92 valence electrons. The average Bonchev–Trinajstić information content (AvgIpc) is 2.90. The molecule has 0 atom stereocenters. The summed E-state index contributed by atoms with van der Waals surface area (Å²) in [4.78, 5) is 2.47. The van der Waals surface area contributed by atoms with Crippen molar-refractivity contribution in [2.75, 3.05) is 20.1 Å². The van der Waals surface area contributed by atoms with Gasteiger partial charge in [-0.3, -0.25) is 0 Å². The van der Waals surface area contributed by atoms with Gasteiger partial charge in [0.1, 0.15) is 0 Å². The smallest absolute Gasteiger partial charge is 0.166 e. The highest BCUT2D eigenvalue weighted by atomic mass is 32.1. The molecular formula is C12H23N3S. The van der Waals surface area contributed by atoms with Crippen molar-refractivity contribution in [3.8, 4) is 0 Å². The first kappa shape index (κ1) is 12.1. The minimum Gasteiger partial charge on any atom is -0.361 e. The maximum atomic E-state index is 5.22. The lowest BCUT2D eigenvalue weighted by atomic mass is 10.2. The molecule has 0 aromatic carbocycles. The van der Waals surface area contributed by atoms with Gasteiger partial charge in [0, 0.05) is 25.2 Å². The van der Waals surface area contributed by atoms with E-state index in [9.17, 15) is 0 Å². The fourth-order valence-corrected chi connectivity index (χ4v) is 2.61. The van der Waals surface area contributed by atoms with Crippen LogP contribution in [0.3, 0.4) is 0 Å². The molecule has 0 aromatic rings. The molecule has 2 rings (SSSR count). The molecule has 0 aromatic heterocycles. The van der Waals surface area contributed by atoms with E-state index in [0.717, 1.165) is 24.2 Å². The van der Waals surface area contributed by atoms with Crippen LogP contribution in [0.5, 0.6) is 0 Å². The minimum atomic E-state index is 0.660. The summed E-state index contributed by atoms with van der Waals surface area (Å²) < 4.78 is 0. The molecular weight excluding hydrogens is 218 g/mol. The first-order chi connectivity index (χ1) is 7.75. The molecule has 2 saturated carbocycles. The van der Waals surface area contributed by atoms with E-state index < -0.39 is 0 Å². The van der Waals surface area contributed by atoms with Crippen molar-refractivity contribution in [2.24, 2.45) is 0 Å². The van der Waals surface area contributed by atoms with E-state index in [2.05, 4.69) is 22.6 Å². The number of rotatable bonds is 5. The molecule has 2 N–H and O–H groups in total. The third-order valence-corrected chi connectivity index (χ3v) is 3.87. The molecule has 3 nitrogen and oxygen atoms in total. The number of nitrogens with zero attached hydrogens (tertiary/aromatic N) is 1. The summed E-state index contributed by atoms with van der Waals surface area (Å²) >= 11 is 5.22. The summed E-state index contributed by atoms with van der Waals surface area (Å²) in [6, 6.07) is 1.47. The number of thiocarbonyl (C=S) groups is 1. The summed E-state index contributed by atoms with van der Waals surface area (Å²) in [6.45, 7) is 2.06. The predicted octanol–water partition coefficient (Wildman–Crippen LogP) is 1.49. The second kappa shape index (κ2) is 5.82. The number of likely N-dealkylation sites (N-methyl/N-ethyl adjacent to an activating group) is 1. The molecule has 0 spiro atoms. The fraction of sp³-hybridized carbons (Fsp3) is 0.917. The number of nitrogens with one attached hydrogen (secondary N) is 2. The van der Waals surface area contributed by atoms with Crippen LogP contribution in [0.25, 0.3) is 0 Å². The van der Waals surface area contributed by atoms with Gasteiger partial charge < -0.3 is 15.5 Å². The summed E-state index contributed by atoms with van der Waals surface area (Å²) in [5.74, 6) is 0. The van der Waals surface area contributed by atoms with Gasteiger partial charge in [0.15, 0.2) is 5.11 Å². The standard InChI is InChI=1S/C12H23N3S/c1-15(11-4-2-3-5-11)9-8-13-12(16)14-10-6-7-10/h10-11H,2-9H2,1H3,(H2,13,14,16). The molecule has 0 bridgehead atoms. The van der Waals surface area contributed by atoms with Crippen LogP contribution < -0.4 is 10.6 Å². The molecule has 0 aliphatic heterocycles. The first-order valence-corrected chi connectivity index (χ1v) is 6.91. The van der Waals surface area contributed by atoms with Crippen molar-refractivity contribution in [1.29, 1.82) is 0 Å². The average molecular weight is 241 g/mol. The molecule has 0 amide bonds. The Bertz CT molecular complexity index is 234. The Labute approximate surface area is 104 Å². The maximum Gasteiger partial charge on any atom is 0.166 e. The normalized spacial score (nSPS) is 21.4. The van der Waals surface area contributed by atoms with E-state index >= 15 is 0 Å². The Hall–Kier alpha value is -0.350. The lowest BCUT2D eigenvalue weighted by Crippen LogP contribution is -2.42. The van der Waals surface area contributed by atoms with Gasteiger partial charge in [-0.15, -0.1) is 0 Å². The molecule has 16 heavy (non-hydrogen) atoms. The SMILES string of the molecule is CN(CCNC(=S)NC1CC1)C1CCCC1. The van der Waals surface area contributed by atoms with Crippen LogP contribution in [0.4, 0.5) is 0 Å². The summed E-state index contributed by atoms with van der Waals surface area (Å²) in [5.41, 5.74) is 0. The van der Waals surface area contributed by atoms with Crippen molar-refractivity contribution in [3.63, 3.8) is 0 Å². The van der Waals surface area contributed by atoms with Gasteiger partial charge in [0.05, 0.1) is 0 Å². The zero-order chi connectivity index (χ0) is 11.4. The Kier molecular flexibility index (Phi) is 4.41. The second-order valence-corrected chi connectivity index (χ2v) is 5.50. The highest BCUT2D eigenvalue weighted by Crippen LogP contribution is 2.21. The molecule has 2 aliphatic rings. The van der Waals surface area contributed by atoms with Gasteiger partial charge >= 0.3 is 0 Å². The van der Waals surface area contributed by atoms with E-state index in [1.807, 2.05) is 0 Å². The van der Waals surface area contributed by atoms with E-state index in [1.165, 1.54) is 38.5 Å². The second-order valence-electron chi connectivity index (χ2n) is 5.09. The van der Waals surface area contributed by atoms with Gasteiger partial charge in [-0.2, -0.15) is 0 Å². The van der Waals surface area contributed by atoms with Crippen LogP contribution in [0.1, 0.15) is 38.5 Å². The largest absolute Gasteiger partial charge is 0.361 e. The first-order valence-electron chi connectivity index (χ1n) is 6.50. The van der Waals surface area contributed by atoms with E-state index in [0.29, 0.717) is 6.04 Å². The zero-order valence-corrected chi connectivity index (χ0v) is 11.0. The number of hydrogen-bond donors (Lipinski definition) is 2. The van der Waals surface area contributed by atoms with Gasteiger partial charge in [-0.05, 0) is 44.9 Å². The highest BCUT2D eigenvalue weighted by molar-refractivity contribution is 7.80.